The van der Waals surface area contributed by atoms with Crippen molar-refractivity contribution in [1.29, 1.82) is 0 Å². The minimum atomic E-state index is -2.01. The molecule has 0 saturated carbocycles. The molecule has 7 heteroatoms. The smallest absolute Gasteiger partial charge is 0.294 e. The number of nitro groups is 1. The lowest BCUT2D eigenvalue weighted by atomic mass is 9.77. The van der Waals surface area contributed by atoms with Gasteiger partial charge in [0.1, 0.15) is 11.8 Å². The van der Waals surface area contributed by atoms with Crippen molar-refractivity contribution in [2.75, 3.05) is 6.61 Å². The molecule has 1 aliphatic heterocycles. The zero-order valence-electron chi connectivity index (χ0n) is 16.4. The molecule has 3 atom stereocenters. The Morgan fingerprint density at radius 3 is 2.62 bits per heavy atom. The van der Waals surface area contributed by atoms with Crippen LogP contribution in [-0.2, 0) is 9.16 Å². The summed E-state index contributed by atoms with van der Waals surface area (Å²) in [7, 11) is -2.01. The number of epoxide rings is 1. The van der Waals surface area contributed by atoms with Crippen molar-refractivity contribution in [3.05, 3.63) is 40.2 Å². The van der Waals surface area contributed by atoms with Crippen LogP contribution in [0.2, 0.25) is 18.1 Å². The standard InChI is InChI=1S/C19H28N2O4Si/c1-13-9-14(15-7-8-20-11-16(15)21(22)23)10-17(19(13)12-24-19)25-26(5,6)18(2,3)4/h7-8,10-11,13,17H,9,12H2,1-6H3/t13-,17+,19+/m0/s1. The van der Waals surface area contributed by atoms with Crippen LogP contribution in [0, 0.1) is 16.0 Å². The van der Waals surface area contributed by atoms with Gasteiger partial charge in [0, 0.05) is 6.20 Å². The van der Waals surface area contributed by atoms with Gasteiger partial charge in [0.05, 0.1) is 23.2 Å². The molecule has 1 saturated heterocycles. The van der Waals surface area contributed by atoms with Crippen LogP contribution < -0.4 is 0 Å². The number of rotatable bonds is 4. The molecule has 26 heavy (non-hydrogen) atoms. The minimum absolute atomic E-state index is 0.0460. The summed E-state index contributed by atoms with van der Waals surface area (Å²) in [6.45, 7) is 13.9. The van der Waals surface area contributed by atoms with Gasteiger partial charge in [-0.3, -0.25) is 15.1 Å². The van der Waals surface area contributed by atoms with Gasteiger partial charge < -0.3 is 9.16 Å². The molecule has 3 rings (SSSR count). The molecule has 142 valence electrons. The second-order valence-corrected chi connectivity index (χ2v) is 13.7. The third-order valence-corrected chi connectivity index (χ3v) is 10.7. The van der Waals surface area contributed by atoms with Crippen LogP contribution in [0.3, 0.4) is 0 Å². The minimum Gasteiger partial charge on any atom is -0.407 e. The molecule has 0 unspecified atom stereocenters. The van der Waals surface area contributed by atoms with Crippen LogP contribution in [-0.4, -0.2) is 36.5 Å². The highest BCUT2D eigenvalue weighted by Gasteiger charge is 2.59. The quantitative estimate of drug-likeness (QED) is 0.333. The van der Waals surface area contributed by atoms with E-state index in [2.05, 4.69) is 51.8 Å². The predicted molar refractivity (Wildman–Crippen MR) is 103 cm³/mol. The van der Waals surface area contributed by atoms with Gasteiger partial charge in [-0.25, -0.2) is 0 Å². The first kappa shape index (κ1) is 19.2. The predicted octanol–water partition coefficient (Wildman–Crippen LogP) is 4.57. The van der Waals surface area contributed by atoms with Crippen LogP contribution in [0.5, 0.6) is 0 Å². The molecule has 1 fully saturated rings. The number of pyridine rings is 1. The molecule has 1 aromatic heterocycles. The fraction of sp³-hybridized carbons (Fsp3) is 0.632. The number of hydrogen-bond acceptors (Lipinski definition) is 5. The van der Waals surface area contributed by atoms with E-state index in [1.807, 2.05) is 0 Å². The van der Waals surface area contributed by atoms with Crippen molar-refractivity contribution in [2.45, 2.75) is 64.0 Å². The maximum atomic E-state index is 11.4. The molecule has 0 radical (unpaired) electrons. The van der Waals surface area contributed by atoms with Crippen molar-refractivity contribution in [1.82, 2.24) is 4.98 Å². The van der Waals surface area contributed by atoms with Gasteiger partial charge in [0.15, 0.2) is 8.32 Å². The molecule has 2 aliphatic rings. The van der Waals surface area contributed by atoms with Gasteiger partial charge >= 0.3 is 0 Å². The van der Waals surface area contributed by atoms with Crippen molar-refractivity contribution in [3.63, 3.8) is 0 Å². The molecule has 0 amide bonds. The summed E-state index contributed by atoms with van der Waals surface area (Å²) in [4.78, 5) is 15.0. The third-order valence-electron chi connectivity index (χ3n) is 6.24. The summed E-state index contributed by atoms with van der Waals surface area (Å²) in [6, 6.07) is 1.73. The zero-order valence-corrected chi connectivity index (χ0v) is 17.4. The number of aromatic nitrogens is 1. The van der Waals surface area contributed by atoms with Gasteiger partial charge in [-0.1, -0.05) is 33.8 Å². The zero-order chi connectivity index (χ0) is 19.3. The highest BCUT2D eigenvalue weighted by molar-refractivity contribution is 6.74. The van der Waals surface area contributed by atoms with Crippen LogP contribution in [0.4, 0.5) is 5.69 Å². The van der Waals surface area contributed by atoms with E-state index in [4.69, 9.17) is 9.16 Å². The summed E-state index contributed by atoms with van der Waals surface area (Å²) in [5.74, 6) is 0.241. The van der Waals surface area contributed by atoms with E-state index in [0.29, 0.717) is 12.2 Å². The van der Waals surface area contributed by atoms with E-state index >= 15 is 0 Å². The summed E-state index contributed by atoms with van der Waals surface area (Å²) in [5, 5.41) is 11.5. The van der Waals surface area contributed by atoms with E-state index in [-0.39, 0.29) is 33.3 Å². The third kappa shape index (κ3) is 3.23. The Kier molecular flexibility index (Phi) is 4.61. The molecule has 1 aromatic rings. The van der Waals surface area contributed by atoms with Crippen LogP contribution in [0.15, 0.2) is 24.5 Å². The lowest BCUT2D eigenvalue weighted by molar-refractivity contribution is -0.385. The largest absolute Gasteiger partial charge is 0.407 e. The fourth-order valence-electron chi connectivity index (χ4n) is 3.34. The molecule has 1 aliphatic carbocycles. The Balaban J connectivity index is 2.01. The lowest BCUT2D eigenvalue weighted by Gasteiger charge is -2.43. The maximum Gasteiger partial charge on any atom is 0.294 e. The summed E-state index contributed by atoms with van der Waals surface area (Å²) < 4.78 is 12.6. The number of ether oxygens (including phenoxy) is 1. The number of hydrogen-bond donors (Lipinski definition) is 0. The Morgan fingerprint density at radius 2 is 2.08 bits per heavy atom. The second-order valence-electron chi connectivity index (χ2n) is 8.99. The summed E-state index contributed by atoms with van der Waals surface area (Å²) in [5.41, 5.74) is 1.36. The van der Waals surface area contributed by atoms with Crippen molar-refractivity contribution in [2.24, 2.45) is 5.92 Å². The Labute approximate surface area is 155 Å². The highest BCUT2D eigenvalue weighted by atomic mass is 28.4. The van der Waals surface area contributed by atoms with Crippen LogP contribution in [0.25, 0.3) is 5.57 Å². The molecule has 2 heterocycles. The Hall–Kier alpha value is -1.57. The van der Waals surface area contributed by atoms with Gasteiger partial charge in [0.25, 0.3) is 5.69 Å². The molecule has 1 spiro atoms. The van der Waals surface area contributed by atoms with Crippen LogP contribution in [0.1, 0.15) is 39.7 Å². The first-order chi connectivity index (χ1) is 12.0. The van der Waals surface area contributed by atoms with Crippen molar-refractivity contribution >= 4 is 19.6 Å². The van der Waals surface area contributed by atoms with E-state index in [1.165, 1.54) is 6.20 Å². The first-order valence-electron chi connectivity index (χ1n) is 9.09. The average molecular weight is 377 g/mol. The fourth-order valence-corrected chi connectivity index (χ4v) is 4.59. The highest BCUT2D eigenvalue weighted by Crippen LogP contribution is 2.51. The molecular weight excluding hydrogens is 348 g/mol. The van der Waals surface area contributed by atoms with Gasteiger partial charge in [-0.05, 0) is 42.1 Å². The number of allylic oxidation sites excluding steroid dienone is 1. The summed E-state index contributed by atoms with van der Waals surface area (Å²) >= 11 is 0. The SMILES string of the molecule is C[C@H]1CC(c2ccncc2[N+](=O)[O-])=C[C@@H](O[Si](C)(C)C(C)(C)C)[C@@]12CO2. The molecule has 0 bridgehead atoms. The van der Waals surface area contributed by atoms with Gasteiger partial charge in [-0.15, -0.1) is 0 Å². The van der Waals surface area contributed by atoms with Crippen LogP contribution >= 0.6 is 0 Å². The first-order valence-corrected chi connectivity index (χ1v) is 12.0. The molecular formula is C19H28N2O4Si. The molecule has 0 N–H and O–H groups in total. The topological polar surface area (TPSA) is 77.8 Å². The van der Waals surface area contributed by atoms with E-state index in [1.54, 1.807) is 12.3 Å². The van der Waals surface area contributed by atoms with Gasteiger partial charge in [0.2, 0.25) is 0 Å². The van der Waals surface area contributed by atoms with Crippen molar-refractivity contribution in [3.8, 4) is 0 Å². The van der Waals surface area contributed by atoms with E-state index in [0.717, 1.165) is 12.0 Å². The Bertz CT molecular complexity index is 750. The maximum absolute atomic E-state index is 11.4. The van der Waals surface area contributed by atoms with Gasteiger partial charge in [-0.2, -0.15) is 0 Å². The average Bonchev–Trinajstić information content (AvgIpc) is 3.32. The number of nitrogens with zero attached hydrogens (tertiary/aromatic N) is 2. The van der Waals surface area contributed by atoms with Crippen molar-refractivity contribution < 1.29 is 14.1 Å². The second kappa shape index (κ2) is 6.25. The molecule has 6 nitrogen and oxygen atoms in total. The monoisotopic (exact) mass is 376 g/mol. The van der Waals surface area contributed by atoms with E-state index in [9.17, 15) is 10.1 Å². The normalized spacial score (nSPS) is 28.8. The lowest BCUT2D eigenvalue weighted by Crippen LogP contribution is -2.50. The molecule has 0 aromatic carbocycles. The van der Waals surface area contributed by atoms with E-state index < -0.39 is 8.32 Å². The summed E-state index contributed by atoms with van der Waals surface area (Å²) in [6.07, 6.45) is 5.56. The Morgan fingerprint density at radius 1 is 1.42 bits per heavy atom.